The maximum Gasteiger partial charge on any atom is 0.396 e. The fourth-order valence-corrected chi connectivity index (χ4v) is 1.43. The molecule has 0 saturated carbocycles. The molecule has 0 aliphatic heterocycles. The van der Waals surface area contributed by atoms with Crippen LogP contribution in [0.25, 0.3) is 11.5 Å². The third kappa shape index (κ3) is 3.15. The molecule has 1 aromatic carbocycles. The van der Waals surface area contributed by atoms with E-state index in [1.165, 1.54) is 25.3 Å². The van der Waals surface area contributed by atoms with Gasteiger partial charge in [-0.2, -0.15) is 18.2 Å². The van der Waals surface area contributed by atoms with Gasteiger partial charge >= 0.3 is 6.18 Å². The lowest BCUT2D eigenvalue weighted by molar-refractivity contribution is -0.128. The van der Waals surface area contributed by atoms with Crippen molar-refractivity contribution in [1.29, 1.82) is 0 Å². The van der Waals surface area contributed by atoms with Gasteiger partial charge in [0.25, 0.3) is 5.89 Å². The van der Waals surface area contributed by atoms with Gasteiger partial charge in [0.05, 0.1) is 12.7 Å². The van der Waals surface area contributed by atoms with Crippen LogP contribution in [-0.2, 0) is 6.42 Å². The number of hydrogen-bond acceptors (Lipinski definition) is 5. The molecule has 0 saturated heterocycles. The van der Waals surface area contributed by atoms with E-state index in [2.05, 4.69) is 10.1 Å². The number of phenolic OH excluding ortho intramolecular Hbond substituents is 1. The zero-order valence-electron chi connectivity index (χ0n) is 9.73. The molecule has 0 radical (unpaired) electrons. The Morgan fingerprint density at radius 2 is 2.11 bits per heavy atom. The molecule has 0 spiro atoms. The summed E-state index contributed by atoms with van der Waals surface area (Å²) < 4.78 is 46.1. The Morgan fingerprint density at radius 1 is 1.37 bits per heavy atom. The minimum absolute atomic E-state index is 0.111. The minimum Gasteiger partial charge on any atom is -0.507 e. The quantitative estimate of drug-likeness (QED) is 0.931. The van der Waals surface area contributed by atoms with Crippen LogP contribution in [0, 0.1) is 0 Å². The van der Waals surface area contributed by atoms with Gasteiger partial charge in [-0.25, -0.2) is 0 Å². The summed E-state index contributed by atoms with van der Waals surface area (Å²) in [5.74, 6) is -0.480. The molecule has 2 aromatic rings. The first-order valence-corrected chi connectivity index (χ1v) is 5.16. The predicted molar refractivity (Wildman–Crippen MR) is 57.7 cm³/mol. The van der Waals surface area contributed by atoms with Crippen molar-refractivity contribution in [2.45, 2.75) is 12.6 Å². The maximum absolute atomic E-state index is 12.2. The lowest BCUT2D eigenvalue weighted by atomic mass is 10.2. The molecule has 5 nitrogen and oxygen atoms in total. The number of alkyl halides is 3. The average Bonchev–Trinajstić information content (AvgIpc) is 2.75. The molecule has 0 aliphatic rings. The number of nitrogens with zero attached hydrogens (tertiary/aromatic N) is 2. The number of rotatable bonds is 3. The number of hydrogen-bond donors (Lipinski definition) is 1. The van der Waals surface area contributed by atoms with E-state index in [0.29, 0.717) is 5.75 Å². The summed E-state index contributed by atoms with van der Waals surface area (Å²) in [5.41, 5.74) is 0.111. The zero-order chi connectivity index (χ0) is 14.0. The summed E-state index contributed by atoms with van der Waals surface area (Å²) in [4.78, 5) is 3.59. The van der Waals surface area contributed by atoms with E-state index < -0.39 is 18.4 Å². The molecule has 1 aromatic heterocycles. The molecular weight excluding hydrogens is 265 g/mol. The average molecular weight is 274 g/mol. The lowest BCUT2D eigenvalue weighted by Crippen LogP contribution is -2.12. The third-order valence-electron chi connectivity index (χ3n) is 2.26. The molecule has 0 aliphatic carbocycles. The largest absolute Gasteiger partial charge is 0.507 e. The van der Waals surface area contributed by atoms with Crippen molar-refractivity contribution in [2.75, 3.05) is 7.11 Å². The Hall–Kier alpha value is -2.25. The van der Waals surface area contributed by atoms with E-state index in [1.54, 1.807) is 0 Å². The predicted octanol–water partition coefficient (Wildman–Crippen LogP) is 2.56. The zero-order valence-corrected chi connectivity index (χ0v) is 9.73. The second kappa shape index (κ2) is 4.79. The first-order chi connectivity index (χ1) is 8.89. The van der Waals surface area contributed by atoms with Crippen LogP contribution in [0.1, 0.15) is 5.82 Å². The van der Waals surface area contributed by atoms with Crippen molar-refractivity contribution in [3.05, 3.63) is 24.0 Å². The summed E-state index contributed by atoms with van der Waals surface area (Å²) in [5, 5.41) is 12.8. The molecule has 0 atom stereocenters. The van der Waals surface area contributed by atoms with E-state index in [1.807, 2.05) is 0 Å². The van der Waals surface area contributed by atoms with E-state index >= 15 is 0 Å². The van der Waals surface area contributed by atoms with E-state index in [-0.39, 0.29) is 17.2 Å². The Morgan fingerprint density at radius 3 is 2.74 bits per heavy atom. The molecule has 8 heteroatoms. The number of methoxy groups -OCH3 is 1. The molecule has 0 unspecified atom stereocenters. The fraction of sp³-hybridized carbons (Fsp3) is 0.273. The molecule has 0 fully saturated rings. The topological polar surface area (TPSA) is 68.4 Å². The molecule has 1 heterocycles. The van der Waals surface area contributed by atoms with Gasteiger partial charge in [-0.05, 0) is 18.2 Å². The van der Waals surface area contributed by atoms with E-state index in [9.17, 15) is 18.3 Å². The van der Waals surface area contributed by atoms with Crippen LogP contribution >= 0.6 is 0 Å². The highest BCUT2D eigenvalue weighted by molar-refractivity contribution is 5.64. The van der Waals surface area contributed by atoms with Crippen LogP contribution in [0.5, 0.6) is 11.5 Å². The standard InChI is InChI=1S/C11H9F3N2O3/c1-18-6-2-3-8(17)7(4-6)10-15-9(16-19-10)5-11(12,13)14/h2-4,17H,5H2,1H3. The summed E-state index contributed by atoms with van der Waals surface area (Å²) in [6.45, 7) is 0. The van der Waals surface area contributed by atoms with Crippen molar-refractivity contribution in [3.8, 4) is 23.0 Å². The molecule has 0 amide bonds. The molecule has 1 N–H and O–H groups in total. The highest BCUT2D eigenvalue weighted by atomic mass is 19.4. The Bertz CT molecular complexity index is 581. The molecule has 102 valence electrons. The van der Waals surface area contributed by atoms with Crippen LogP contribution in [0.4, 0.5) is 13.2 Å². The summed E-state index contributed by atoms with van der Waals surface area (Å²) in [6.07, 6.45) is -5.71. The number of aromatic hydroxyl groups is 1. The molecule has 0 bridgehead atoms. The lowest BCUT2D eigenvalue weighted by Gasteiger charge is -2.03. The second-order valence-corrected chi connectivity index (χ2v) is 3.69. The highest BCUT2D eigenvalue weighted by Gasteiger charge is 2.31. The van der Waals surface area contributed by atoms with E-state index in [4.69, 9.17) is 9.26 Å². The highest BCUT2D eigenvalue weighted by Crippen LogP contribution is 2.32. The van der Waals surface area contributed by atoms with Crippen molar-refractivity contribution in [3.63, 3.8) is 0 Å². The Kier molecular flexibility index (Phi) is 3.32. The van der Waals surface area contributed by atoms with Crippen LogP contribution in [-0.4, -0.2) is 28.5 Å². The van der Waals surface area contributed by atoms with Crippen molar-refractivity contribution >= 4 is 0 Å². The maximum atomic E-state index is 12.2. The number of ether oxygens (including phenoxy) is 1. The molecule has 19 heavy (non-hydrogen) atoms. The van der Waals surface area contributed by atoms with Gasteiger partial charge in [0, 0.05) is 0 Å². The van der Waals surface area contributed by atoms with Gasteiger partial charge in [-0.1, -0.05) is 5.16 Å². The van der Waals surface area contributed by atoms with Gasteiger partial charge in [0.2, 0.25) is 0 Å². The Balaban J connectivity index is 2.32. The van der Waals surface area contributed by atoms with Crippen LogP contribution in [0.3, 0.4) is 0 Å². The first-order valence-electron chi connectivity index (χ1n) is 5.16. The van der Waals surface area contributed by atoms with Gasteiger partial charge in [-0.15, -0.1) is 0 Å². The van der Waals surface area contributed by atoms with Crippen LogP contribution in [0.2, 0.25) is 0 Å². The monoisotopic (exact) mass is 274 g/mol. The second-order valence-electron chi connectivity index (χ2n) is 3.69. The number of aromatic nitrogens is 2. The van der Waals surface area contributed by atoms with Crippen molar-refractivity contribution in [2.24, 2.45) is 0 Å². The summed E-state index contributed by atoms with van der Waals surface area (Å²) >= 11 is 0. The smallest absolute Gasteiger partial charge is 0.396 e. The number of benzene rings is 1. The van der Waals surface area contributed by atoms with Gasteiger partial charge < -0.3 is 14.4 Å². The minimum atomic E-state index is -4.42. The van der Waals surface area contributed by atoms with E-state index in [0.717, 1.165) is 0 Å². The normalized spacial score (nSPS) is 11.6. The molecule has 2 rings (SSSR count). The summed E-state index contributed by atoms with van der Waals surface area (Å²) in [6, 6.07) is 4.20. The number of phenols is 1. The van der Waals surface area contributed by atoms with Gasteiger partial charge in [0.1, 0.15) is 17.9 Å². The molecular formula is C11H9F3N2O3. The SMILES string of the molecule is COc1ccc(O)c(-c2nc(CC(F)(F)F)no2)c1. The van der Waals surface area contributed by atoms with Gasteiger partial charge in [0.15, 0.2) is 5.82 Å². The van der Waals surface area contributed by atoms with Crippen LogP contribution in [0.15, 0.2) is 22.7 Å². The van der Waals surface area contributed by atoms with Crippen molar-refractivity contribution in [1.82, 2.24) is 10.1 Å². The fourth-order valence-electron chi connectivity index (χ4n) is 1.43. The Labute approximate surface area is 105 Å². The first kappa shape index (κ1) is 13.2. The van der Waals surface area contributed by atoms with Crippen molar-refractivity contribution < 1.29 is 27.5 Å². The third-order valence-corrected chi connectivity index (χ3v) is 2.26. The van der Waals surface area contributed by atoms with Crippen LogP contribution < -0.4 is 4.74 Å². The number of halogens is 3. The summed E-state index contributed by atoms with van der Waals surface area (Å²) in [7, 11) is 1.42. The van der Waals surface area contributed by atoms with Gasteiger partial charge in [-0.3, -0.25) is 0 Å².